The normalized spacial score (nSPS) is 18.8. The number of anilines is 1. The average molecular weight is 260 g/mol. The molecule has 1 amide bonds. The van der Waals surface area contributed by atoms with E-state index in [1.807, 2.05) is 12.1 Å². The second-order valence-electron chi connectivity index (χ2n) is 4.53. The summed E-state index contributed by atoms with van der Waals surface area (Å²) in [6.07, 6.45) is 2.20. The molecule has 1 heterocycles. The summed E-state index contributed by atoms with van der Waals surface area (Å²) in [5.41, 5.74) is 7.27. The minimum absolute atomic E-state index is 0.318. The SMILES string of the molecule is C=CCC(N)C(=O)N1c2ccccc2C[C@H]1C(=O)O. The van der Waals surface area contributed by atoms with E-state index in [-0.39, 0.29) is 5.91 Å². The third-order valence-electron chi connectivity index (χ3n) is 3.24. The summed E-state index contributed by atoms with van der Waals surface area (Å²) in [7, 11) is 0. The standard InChI is InChI=1S/C14H16N2O3/c1-2-5-10(15)13(17)16-11-7-4-3-6-9(11)8-12(16)14(18)19/h2-4,6-7,10,12H,1,5,8,15H2,(H,18,19)/t10?,12-/m0/s1. The number of para-hydroxylation sites is 1. The molecule has 5 heteroatoms. The molecule has 2 atom stereocenters. The maximum absolute atomic E-state index is 12.3. The molecule has 0 aliphatic carbocycles. The van der Waals surface area contributed by atoms with Gasteiger partial charge in [-0.1, -0.05) is 24.3 Å². The second kappa shape index (κ2) is 5.24. The molecule has 0 saturated heterocycles. The lowest BCUT2D eigenvalue weighted by Crippen LogP contribution is -2.50. The number of carbonyl (C=O) groups is 2. The molecule has 1 unspecified atom stereocenters. The first-order chi connectivity index (χ1) is 9.06. The van der Waals surface area contributed by atoms with Gasteiger partial charge in [-0.2, -0.15) is 0 Å². The number of nitrogens with zero attached hydrogens (tertiary/aromatic N) is 1. The van der Waals surface area contributed by atoms with Crippen molar-refractivity contribution in [1.82, 2.24) is 0 Å². The Balaban J connectivity index is 2.36. The Bertz CT molecular complexity index is 527. The van der Waals surface area contributed by atoms with Crippen LogP contribution in [0.5, 0.6) is 0 Å². The van der Waals surface area contributed by atoms with Crippen molar-refractivity contribution < 1.29 is 14.7 Å². The highest BCUT2D eigenvalue weighted by molar-refractivity contribution is 6.04. The molecule has 100 valence electrons. The summed E-state index contributed by atoms with van der Waals surface area (Å²) >= 11 is 0. The largest absolute Gasteiger partial charge is 0.480 e. The average Bonchev–Trinajstić information content (AvgIpc) is 2.77. The van der Waals surface area contributed by atoms with Crippen molar-refractivity contribution in [2.45, 2.75) is 24.9 Å². The van der Waals surface area contributed by atoms with Gasteiger partial charge in [0.1, 0.15) is 6.04 Å². The van der Waals surface area contributed by atoms with Crippen molar-refractivity contribution in [2.75, 3.05) is 4.90 Å². The van der Waals surface area contributed by atoms with Crippen molar-refractivity contribution in [3.05, 3.63) is 42.5 Å². The van der Waals surface area contributed by atoms with E-state index in [1.165, 1.54) is 4.90 Å². The predicted octanol–water partition coefficient (Wildman–Crippen LogP) is 0.932. The van der Waals surface area contributed by atoms with Gasteiger partial charge in [0.15, 0.2) is 0 Å². The molecule has 19 heavy (non-hydrogen) atoms. The minimum Gasteiger partial charge on any atom is -0.480 e. The third kappa shape index (κ3) is 2.37. The molecule has 0 fully saturated rings. The van der Waals surface area contributed by atoms with Gasteiger partial charge in [-0.3, -0.25) is 9.69 Å². The molecular formula is C14H16N2O3. The van der Waals surface area contributed by atoms with Crippen molar-refractivity contribution in [1.29, 1.82) is 0 Å². The van der Waals surface area contributed by atoms with Crippen LogP contribution in [0, 0.1) is 0 Å². The van der Waals surface area contributed by atoms with E-state index in [9.17, 15) is 14.7 Å². The zero-order chi connectivity index (χ0) is 14.0. The summed E-state index contributed by atoms with van der Waals surface area (Å²) in [6, 6.07) is 5.55. The van der Waals surface area contributed by atoms with E-state index >= 15 is 0 Å². The zero-order valence-electron chi connectivity index (χ0n) is 10.5. The summed E-state index contributed by atoms with van der Waals surface area (Å²) in [4.78, 5) is 24.9. The van der Waals surface area contributed by atoms with Crippen LogP contribution in [0.2, 0.25) is 0 Å². The molecular weight excluding hydrogens is 244 g/mol. The van der Waals surface area contributed by atoms with E-state index in [1.54, 1.807) is 18.2 Å². The summed E-state index contributed by atoms with van der Waals surface area (Å²) in [6.45, 7) is 3.54. The third-order valence-corrected chi connectivity index (χ3v) is 3.24. The van der Waals surface area contributed by atoms with Crippen LogP contribution in [0.4, 0.5) is 5.69 Å². The van der Waals surface area contributed by atoms with Crippen molar-refractivity contribution in [3.8, 4) is 0 Å². The highest BCUT2D eigenvalue weighted by Gasteiger charge is 2.39. The van der Waals surface area contributed by atoms with Gasteiger partial charge in [-0.05, 0) is 18.1 Å². The maximum Gasteiger partial charge on any atom is 0.327 e. The number of aliphatic carboxylic acids is 1. The molecule has 5 nitrogen and oxygen atoms in total. The Morgan fingerprint density at radius 1 is 1.53 bits per heavy atom. The Morgan fingerprint density at radius 3 is 2.84 bits per heavy atom. The fraction of sp³-hybridized carbons (Fsp3) is 0.286. The van der Waals surface area contributed by atoms with Crippen molar-refractivity contribution in [2.24, 2.45) is 5.73 Å². The summed E-state index contributed by atoms with van der Waals surface area (Å²) in [5.74, 6) is -1.40. The fourth-order valence-electron chi connectivity index (χ4n) is 2.32. The Morgan fingerprint density at radius 2 is 2.21 bits per heavy atom. The van der Waals surface area contributed by atoms with Gasteiger partial charge in [0.25, 0.3) is 0 Å². The van der Waals surface area contributed by atoms with Gasteiger partial charge in [0.2, 0.25) is 5.91 Å². The van der Waals surface area contributed by atoms with Crippen LogP contribution in [-0.4, -0.2) is 29.1 Å². The van der Waals surface area contributed by atoms with Crippen LogP contribution in [-0.2, 0) is 16.0 Å². The molecule has 1 aliphatic heterocycles. The van der Waals surface area contributed by atoms with E-state index in [4.69, 9.17) is 5.73 Å². The van der Waals surface area contributed by atoms with Crippen molar-refractivity contribution >= 4 is 17.6 Å². The second-order valence-corrected chi connectivity index (χ2v) is 4.53. The molecule has 1 aliphatic rings. The number of nitrogens with two attached hydrogens (primary N) is 1. The lowest BCUT2D eigenvalue weighted by molar-refractivity contribution is -0.140. The smallest absolute Gasteiger partial charge is 0.327 e. The maximum atomic E-state index is 12.3. The van der Waals surface area contributed by atoms with E-state index < -0.39 is 18.1 Å². The van der Waals surface area contributed by atoms with Crippen LogP contribution in [0.1, 0.15) is 12.0 Å². The molecule has 0 spiro atoms. The Labute approximate surface area is 111 Å². The molecule has 0 bridgehead atoms. The topological polar surface area (TPSA) is 83.6 Å². The highest BCUT2D eigenvalue weighted by Crippen LogP contribution is 2.32. The fourth-order valence-corrected chi connectivity index (χ4v) is 2.32. The predicted molar refractivity (Wildman–Crippen MR) is 71.8 cm³/mol. The number of carboxylic acids is 1. The number of benzene rings is 1. The van der Waals surface area contributed by atoms with Crippen LogP contribution in [0.25, 0.3) is 0 Å². The number of hydrogen-bond acceptors (Lipinski definition) is 3. The number of fused-ring (bicyclic) bond motifs is 1. The summed E-state index contributed by atoms with van der Waals surface area (Å²) < 4.78 is 0. The quantitative estimate of drug-likeness (QED) is 0.789. The molecule has 0 radical (unpaired) electrons. The van der Waals surface area contributed by atoms with Gasteiger partial charge in [-0.25, -0.2) is 4.79 Å². The van der Waals surface area contributed by atoms with E-state index in [0.717, 1.165) is 5.56 Å². The van der Waals surface area contributed by atoms with Crippen LogP contribution >= 0.6 is 0 Å². The lowest BCUT2D eigenvalue weighted by Gasteiger charge is -2.25. The molecule has 1 aromatic rings. The number of amides is 1. The van der Waals surface area contributed by atoms with Gasteiger partial charge in [-0.15, -0.1) is 6.58 Å². The highest BCUT2D eigenvalue weighted by atomic mass is 16.4. The number of rotatable bonds is 4. The number of carboxylic acid groups (broad SMARTS) is 1. The first kappa shape index (κ1) is 13.3. The Kier molecular flexibility index (Phi) is 3.66. The molecule has 3 N–H and O–H groups in total. The number of hydrogen-bond donors (Lipinski definition) is 2. The molecule has 1 aromatic carbocycles. The Hall–Kier alpha value is -2.14. The van der Waals surface area contributed by atoms with Crippen LogP contribution < -0.4 is 10.6 Å². The van der Waals surface area contributed by atoms with Gasteiger partial charge in [0.05, 0.1) is 6.04 Å². The summed E-state index contributed by atoms with van der Waals surface area (Å²) in [5, 5.41) is 9.26. The zero-order valence-corrected chi connectivity index (χ0v) is 10.5. The van der Waals surface area contributed by atoms with E-state index in [0.29, 0.717) is 18.5 Å². The minimum atomic E-state index is -1.02. The van der Waals surface area contributed by atoms with Crippen LogP contribution in [0.15, 0.2) is 36.9 Å². The lowest BCUT2D eigenvalue weighted by atomic mass is 10.1. The first-order valence-electron chi connectivity index (χ1n) is 6.06. The van der Waals surface area contributed by atoms with Gasteiger partial charge >= 0.3 is 5.97 Å². The number of carbonyl (C=O) groups excluding carboxylic acids is 1. The molecule has 0 aromatic heterocycles. The van der Waals surface area contributed by atoms with Crippen LogP contribution in [0.3, 0.4) is 0 Å². The van der Waals surface area contributed by atoms with Gasteiger partial charge < -0.3 is 10.8 Å². The van der Waals surface area contributed by atoms with Crippen molar-refractivity contribution in [3.63, 3.8) is 0 Å². The first-order valence-corrected chi connectivity index (χ1v) is 6.06. The molecule has 2 rings (SSSR count). The molecule has 0 saturated carbocycles. The van der Waals surface area contributed by atoms with Gasteiger partial charge in [0, 0.05) is 12.1 Å². The van der Waals surface area contributed by atoms with E-state index in [2.05, 4.69) is 6.58 Å². The monoisotopic (exact) mass is 260 g/mol.